The molecular formula is C37H72O3Si3. The van der Waals surface area contributed by atoms with Crippen LogP contribution in [0.2, 0.25) is 54.4 Å². The van der Waals surface area contributed by atoms with Gasteiger partial charge in [-0.25, -0.2) is 0 Å². The van der Waals surface area contributed by atoms with Crippen molar-refractivity contribution < 1.29 is 13.3 Å². The Morgan fingerprint density at radius 2 is 1.09 bits per heavy atom. The van der Waals surface area contributed by atoms with E-state index in [9.17, 15) is 0 Å². The first-order valence-electron chi connectivity index (χ1n) is 18.3. The number of hydrogen-bond donors (Lipinski definition) is 0. The summed E-state index contributed by atoms with van der Waals surface area (Å²) in [6, 6.07) is 0. The second-order valence-electron chi connectivity index (χ2n) is 21.0. The maximum Gasteiger partial charge on any atom is 0.192 e. The standard InChI is InChI=1S/C37H72O3Si3/c1-33(2,3)41(11,12)38-26-23-25-17-18-27-28-19-20-31(39-42(13,14)34(4,5)6)36(28,10)22-21-29(27)37(25)30(24-26)32(37)40-43(15,16)35(7,8)9/h25-32H,17-24H2,1-16H3/t25-,26+,27-,28-,29-,30-,31-,32-,36-,37+/m0/s1. The molecule has 0 amide bonds. The fourth-order valence-electron chi connectivity index (χ4n) is 10.1. The van der Waals surface area contributed by atoms with Gasteiger partial charge in [-0.2, -0.15) is 0 Å². The number of rotatable bonds is 6. The minimum Gasteiger partial charge on any atom is -0.414 e. The molecule has 0 aromatic carbocycles. The van der Waals surface area contributed by atoms with Crippen LogP contribution < -0.4 is 0 Å². The van der Waals surface area contributed by atoms with E-state index in [-0.39, 0.29) is 15.1 Å². The van der Waals surface area contributed by atoms with Crippen LogP contribution in [0.5, 0.6) is 0 Å². The molecule has 10 atom stereocenters. The molecule has 5 rings (SSSR count). The average Bonchev–Trinajstić information content (AvgIpc) is 3.29. The smallest absolute Gasteiger partial charge is 0.192 e. The summed E-state index contributed by atoms with van der Waals surface area (Å²) in [5.74, 6) is 4.00. The highest BCUT2D eigenvalue weighted by atomic mass is 28.4. The third-order valence-electron chi connectivity index (χ3n) is 15.7. The zero-order valence-corrected chi connectivity index (χ0v) is 34.5. The summed E-state index contributed by atoms with van der Waals surface area (Å²) >= 11 is 0. The summed E-state index contributed by atoms with van der Waals surface area (Å²) in [6.07, 6.45) is 12.1. The zero-order chi connectivity index (χ0) is 32.4. The number of hydrogen-bond acceptors (Lipinski definition) is 3. The molecular weight excluding hydrogens is 577 g/mol. The van der Waals surface area contributed by atoms with Crippen LogP contribution in [0, 0.1) is 40.4 Å². The Labute approximate surface area is 271 Å². The molecule has 0 unspecified atom stereocenters. The summed E-state index contributed by atoms with van der Waals surface area (Å²) in [4.78, 5) is 0. The lowest BCUT2D eigenvalue weighted by Gasteiger charge is -2.58. The van der Waals surface area contributed by atoms with E-state index in [1.807, 2.05) is 0 Å². The van der Waals surface area contributed by atoms with Crippen LogP contribution in [-0.4, -0.2) is 43.3 Å². The fourth-order valence-corrected chi connectivity index (χ4v) is 14.3. The van der Waals surface area contributed by atoms with Crippen LogP contribution in [0.25, 0.3) is 0 Å². The first kappa shape index (κ1) is 34.9. The summed E-state index contributed by atoms with van der Waals surface area (Å²) in [7, 11) is -5.48. The van der Waals surface area contributed by atoms with Crippen LogP contribution >= 0.6 is 0 Å². The maximum absolute atomic E-state index is 7.55. The van der Waals surface area contributed by atoms with Gasteiger partial charge in [0.15, 0.2) is 25.0 Å². The molecule has 5 fully saturated rings. The number of fused-ring (bicyclic) bond motifs is 3. The van der Waals surface area contributed by atoms with Crippen molar-refractivity contribution in [1.82, 2.24) is 0 Å². The molecule has 0 aliphatic heterocycles. The topological polar surface area (TPSA) is 27.7 Å². The van der Waals surface area contributed by atoms with E-state index < -0.39 is 25.0 Å². The van der Waals surface area contributed by atoms with Gasteiger partial charge in [-0.05, 0) is 141 Å². The Hall–Kier alpha value is 0.531. The summed E-state index contributed by atoms with van der Waals surface area (Å²) in [5.41, 5.74) is 0.758. The second-order valence-corrected chi connectivity index (χ2v) is 35.3. The van der Waals surface area contributed by atoms with E-state index in [1.165, 1.54) is 51.4 Å². The van der Waals surface area contributed by atoms with E-state index in [2.05, 4.69) is 109 Å². The van der Waals surface area contributed by atoms with Crippen LogP contribution in [0.4, 0.5) is 0 Å². The lowest BCUT2D eigenvalue weighted by atomic mass is 9.49. The Morgan fingerprint density at radius 1 is 0.558 bits per heavy atom. The van der Waals surface area contributed by atoms with E-state index in [0.29, 0.717) is 35.1 Å². The van der Waals surface area contributed by atoms with E-state index >= 15 is 0 Å². The van der Waals surface area contributed by atoms with Crippen molar-refractivity contribution in [3.63, 3.8) is 0 Å². The Kier molecular flexibility index (Phi) is 8.52. The van der Waals surface area contributed by atoms with Crippen molar-refractivity contribution >= 4 is 25.0 Å². The molecule has 3 nitrogen and oxygen atoms in total. The molecule has 0 bridgehead atoms. The van der Waals surface area contributed by atoms with Crippen molar-refractivity contribution in [3.05, 3.63) is 0 Å². The molecule has 0 saturated heterocycles. The highest BCUT2D eigenvalue weighted by Crippen LogP contribution is 2.78. The van der Waals surface area contributed by atoms with Gasteiger partial charge in [0.05, 0.1) is 12.2 Å². The molecule has 6 heteroatoms. The van der Waals surface area contributed by atoms with Crippen molar-refractivity contribution in [1.29, 1.82) is 0 Å². The van der Waals surface area contributed by atoms with Gasteiger partial charge in [-0.3, -0.25) is 0 Å². The van der Waals surface area contributed by atoms with E-state index in [0.717, 1.165) is 23.7 Å². The third-order valence-corrected chi connectivity index (χ3v) is 29.2. The highest BCUT2D eigenvalue weighted by Gasteiger charge is 2.78. The van der Waals surface area contributed by atoms with Gasteiger partial charge in [-0.15, -0.1) is 0 Å². The van der Waals surface area contributed by atoms with Gasteiger partial charge >= 0.3 is 0 Å². The quantitative estimate of drug-likeness (QED) is 0.268. The molecule has 0 aromatic rings. The first-order valence-corrected chi connectivity index (χ1v) is 27.1. The predicted octanol–water partition coefficient (Wildman–Crippen LogP) is 11.4. The molecule has 5 saturated carbocycles. The second kappa shape index (κ2) is 10.5. The minimum atomic E-state index is -1.88. The van der Waals surface area contributed by atoms with Gasteiger partial charge in [0, 0.05) is 11.5 Å². The van der Waals surface area contributed by atoms with Crippen LogP contribution in [-0.2, 0) is 13.3 Å². The van der Waals surface area contributed by atoms with Crippen LogP contribution in [0.15, 0.2) is 0 Å². The van der Waals surface area contributed by atoms with Crippen molar-refractivity contribution in [2.24, 2.45) is 40.4 Å². The molecule has 0 aromatic heterocycles. The fraction of sp³-hybridized carbons (Fsp3) is 1.00. The van der Waals surface area contributed by atoms with Gasteiger partial charge in [0.2, 0.25) is 0 Å². The molecule has 5 aliphatic rings. The van der Waals surface area contributed by atoms with Crippen molar-refractivity contribution in [3.8, 4) is 0 Å². The molecule has 0 N–H and O–H groups in total. The third kappa shape index (κ3) is 5.52. The monoisotopic (exact) mass is 648 g/mol. The van der Waals surface area contributed by atoms with Crippen molar-refractivity contribution in [2.45, 2.75) is 193 Å². The Morgan fingerprint density at radius 3 is 1.65 bits per heavy atom. The van der Waals surface area contributed by atoms with E-state index in [1.54, 1.807) is 0 Å². The molecule has 43 heavy (non-hydrogen) atoms. The first-order chi connectivity index (χ1) is 19.3. The van der Waals surface area contributed by atoms with Gasteiger partial charge < -0.3 is 13.3 Å². The van der Waals surface area contributed by atoms with Gasteiger partial charge in [0.25, 0.3) is 0 Å². The summed E-state index contributed by atoms with van der Waals surface area (Å²) in [6.45, 7) is 39.3. The highest BCUT2D eigenvalue weighted by molar-refractivity contribution is 6.75. The SMILES string of the molecule is CC(C)(C)[Si](C)(C)O[C@@H]1C[C@@H]2CC[C@H]3[C@@H]4CC[C@H](O[Si](C)(C)C(C)(C)C)[C@@]4(C)CC[C@@H]3[C@@]23[C@@H](C1)[C@@H]3O[Si](C)(C)C(C)(C)C. The van der Waals surface area contributed by atoms with Crippen molar-refractivity contribution in [2.75, 3.05) is 0 Å². The summed E-state index contributed by atoms with van der Waals surface area (Å²) < 4.78 is 22.1. The average molecular weight is 649 g/mol. The molecule has 1 spiro atoms. The van der Waals surface area contributed by atoms with Crippen LogP contribution in [0.3, 0.4) is 0 Å². The molecule has 250 valence electrons. The van der Waals surface area contributed by atoms with Crippen LogP contribution in [0.1, 0.15) is 121 Å². The van der Waals surface area contributed by atoms with Gasteiger partial charge in [-0.1, -0.05) is 69.2 Å². The molecule has 5 aliphatic carbocycles. The zero-order valence-electron chi connectivity index (χ0n) is 31.5. The Balaban J connectivity index is 1.43. The largest absolute Gasteiger partial charge is 0.414 e. The maximum atomic E-state index is 7.55. The Bertz CT molecular complexity index is 1050. The lowest BCUT2D eigenvalue weighted by Crippen LogP contribution is -2.55. The lowest BCUT2D eigenvalue weighted by molar-refractivity contribution is -0.104. The van der Waals surface area contributed by atoms with E-state index in [4.69, 9.17) is 13.3 Å². The summed E-state index contributed by atoms with van der Waals surface area (Å²) in [5, 5.41) is 0.788. The molecule has 0 radical (unpaired) electrons. The van der Waals surface area contributed by atoms with Gasteiger partial charge in [0.1, 0.15) is 0 Å². The molecule has 0 heterocycles. The minimum absolute atomic E-state index is 0.251. The normalized spacial score (nSPS) is 42.1. The predicted molar refractivity (Wildman–Crippen MR) is 191 cm³/mol.